The van der Waals surface area contributed by atoms with Crippen LogP contribution in [0.5, 0.6) is 0 Å². The topological polar surface area (TPSA) is 57.5 Å². The maximum atomic E-state index is 4.69. The first kappa shape index (κ1) is 23.7. The smallest absolute Gasteiger partial charge is 0.191 e. The second-order valence-electron chi connectivity index (χ2n) is 7.21. The Morgan fingerprint density at radius 2 is 1.81 bits per heavy atom. The van der Waals surface area contributed by atoms with Gasteiger partial charge in [0.15, 0.2) is 5.96 Å². The van der Waals surface area contributed by atoms with Crippen LogP contribution < -0.4 is 10.6 Å². The molecule has 2 rings (SSSR count). The predicted molar refractivity (Wildman–Crippen MR) is 126 cm³/mol. The summed E-state index contributed by atoms with van der Waals surface area (Å²) < 4.78 is 2.12. The molecular weight excluding hydrogens is 451 g/mol. The number of hydrogen-bond acceptors (Lipinski definition) is 3. The van der Waals surface area contributed by atoms with E-state index in [1.54, 1.807) is 7.05 Å². The molecule has 0 radical (unpaired) electrons. The number of para-hydroxylation sites is 2. The normalized spacial score (nSPS) is 12.1. The monoisotopic (exact) mass is 486 g/mol. The van der Waals surface area contributed by atoms with Crippen LogP contribution in [0.25, 0.3) is 11.0 Å². The summed E-state index contributed by atoms with van der Waals surface area (Å²) in [5.41, 5.74) is 2.17. The maximum Gasteiger partial charge on any atom is 0.191 e. The minimum absolute atomic E-state index is 0. The van der Waals surface area contributed by atoms with Gasteiger partial charge in [-0.3, -0.25) is 9.89 Å². The van der Waals surface area contributed by atoms with E-state index in [1.807, 2.05) is 18.2 Å². The lowest BCUT2D eigenvalue weighted by atomic mass is 10.2. The maximum absolute atomic E-state index is 4.69. The second kappa shape index (κ2) is 11.5. The number of aliphatic imine (C=N–C) groups is 1. The molecule has 0 aliphatic heterocycles. The van der Waals surface area contributed by atoms with E-state index >= 15 is 0 Å². The molecule has 152 valence electrons. The van der Waals surface area contributed by atoms with E-state index in [1.165, 1.54) is 0 Å². The van der Waals surface area contributed by atoms with Gasteiger partial charge in [-0.15, -0.1) is 24.0 Å². The molecule has 1 aromatic heterocycles. The molecule has 2 aromatic rings. The van der Waals surface area contributed by atoms with Gasteiger partial charge in [-0.25, -0.2) is 4.98 Å². The summed E-state index contributed by atoms with van der Waals surface area (Å²) in [6.45, 7) is 11.7. The molecule has 0 bridgehead atoms. The van der Waals surface area contributed by atoms with Crippen molar-refractivity contribution >= 4 is 41.0 Å². The third kappa shape index (κ3) is 6.64. The van der Waals surface area contributed by atoms with Crippen LogP contribution in [-0.2, 0) is 13.6 Å². The SMILES string of the molecule is CN=C(NCCCN(C(C)C)C(C)C)NCc1nc2ccccc2n1C.I. The minimum atomic E-state index is 0. The molecule has 1 aromatic carbocycles. The van der Waals surface area contributed by atoms with E-state index in [9.17, 15) is 0 Å². The number of imidazole rings is 1. The summed E-state index contributed by atoms with van der Waals surface area (Å²) in [7, 11) is 3.85. The van der Waals surface area contributed by atoms with Gasteiger partial charge in [0.25, 0.3) is 0 Å². The Labute approximate surface area is 180 Å². The van der Waals surface area contributed by atoms with Crippen molar-refractivity contribution in [3.05, 3.63) is 30.1 Å². The van der Waals surface area contributed by atoms with Crippen LogP contribution in [0.4, 0.5) is 0 Å². The average molecular weight is 486 g/mol. The van der Waals surface area contributed by atoms with E-state index in [2.05, 4.69) is 70.9 Å². The highest BCUT2D eigenvalue weighted by molar-refractivity contribution is 14.0. The van der Waals surface area contributed by atoms with Crippen molar-refractivity contribution in [2.75, 3.05) is 20.1 Å². The van der Waals surface area contributed by atoms with Gasteiger partial charge in [-0.1, -0.05) is 12.1 Å². The summed E-state index contributed by atoms with van der Waals surface area (Å²) >= 11 is 0. The molecule has 0 saturated carbocycles. The molecule has 0 fully saturated rings. The van der Waals surface area contributed by atoms with E-state index < -0.39 is 0 Å². The second-order valence-corrected chi connectivity index (χ2v) is 7.21. The molecule has 0 aliphatic carbocycles. The van der Waals surface area contributed by atoms with Gasteiger partial charge in [0.1, 0.15) is 5.82 Å². The molecule has 0 aliphatic rings. The summed E-state index contributed by atoms with van der Waals surface area (Å²) in [6.07, 6.45) is 1.09. The quantitative estimate of drug-likeness (QED) is 0.260. The lowest BCUT2D eigenvalue weighted by Gasteiger charge is -2.30. The van der Waals surface area contributed by atoms with Crippen molar-refractivity contribution < 1.29 is 0 Å². The fraction of sp³-hybridized carbons (Fsp3) is 0.600. The van der Waals surface area contributed by atoms with Crippen molar-refractivity contribution in [2.24, 2.45) is 12.0 Å². The Balaban J connectivity index is 0.00000364. The third-order valence-electron chi connectivity index (χ3n) is 4.73. The number of fused-ring (bicyclic) bond motifs is 1. The highest BCUT2D eigenvalue weighted by Gasteiger charge is 2.12. The number of halogens is 1. The van der Waals surface area contributed by atoms with E-state index in [0.29, 0.717) is 18.6 Å². The highest BCUT2D eigenvalue weighted by atomic mass is 127. The predicted octanol–water partition coefficient (Wildman–Crippen LogP) is 3.37. The number of nitrogens with one attached hydrogen (secondary N) is 2. The lowest BCUT2D eigenvalue weighted by Crippen LogP contribution is -2.41. The summed E-state index contributed by atoms with van der Waals surface area (Å²) in [4.78, 5) is 11.5. The standard InChI is InChI=1S/C20H34N6.HI/c1-15(2)26(16(3)4)13-9-12-22-20(21-5)23-14-19-24-17-10-7-8-11-18(17)25(19)6;/h7-8,10-11,15-16H,9,12-14H2,1-6H3,(H2,21,22,23);1H. The summed E-state index contributed by atoms with van der Waals surface area (Å²) in [5, 5.41) is 6.76. The van der Waals surface area contributed by atoms with E-state index in [-0.39, 0.29) is 24.0 Å². The number of rotatable bonds is 8. The van der Waals surface area contributed by atoms with Gasteiger partial charge >= 0.3 is 0 Å². The van der Waals surface area contributed by atoms with Crippen LogP contribution in [0.2, 0.25) is 0 Å². The summed E-state index contributed by atoms with van der Waals surface area (Å²) in [5.74, 6) is 1.82. The Hall–Kier alpha value is -1.35. The number of aromatic nitrogens is 2. The molecule has 7 heteroatoms. The zero-order chi connectivity index (χ0) is 19.1. The molecule has 0 atom stereocenters. The average Bonchev–Trinajstić information content (AvgIpc) is 2.93. The molecule has 0 spiro atoms. The summed E-state index contributed by atoms with van der Waals surface area (Å²) in [6, 6.07) is 9.34. The largest absolute Gasteiger partial charge is 0.356 e. The van der Waals surface area contributed by atoms with Crippen molar-refractivity contribution in [3.63, 3.8) is 0 Å². The van der Waals surface area contributed by atoms with Crippen LogP contribution in [0, 0.1) is 0 Å². The van der Waals surface area contributed by atoms with Crippen molar-refractivity contribution in [1.82, 2.24) is 25.1 Å². The Morgan fingerprint density at radius 3 is 2.41 bits per heavy atom. The van der Waals surface area contributed by atoms with Crippen molar-refractivity contribution in [1.29, 1.82) is 0 Å². The molecule has 0 amide bonds. The van der Waals surface area contributed by atoms with Crippen molar-refractivity contribution in [2.45, 2.75) is 52.7 Å². The van der Waals surface area contributed by atoms with Crippen LogP contribution in [-0.4, -0.2) is 52.6 Å². The number of guanidine groups is 1. The zero-order valence-electron chi connectivity index (χ0n) is 17.5. The van der Waals surface area contributed by atoms with E-state index in [0.717, 1.165) is 42.3 Å². The fourth-order valence-electron chi connectivity index (χ4n) is 3.32. The lowest BCUT2D eigenvalue weighted by molar-refractivity contribution is 0.173. The molecule has 6 nitrogen and oxygen atoms in total. The van der Waals surface area contributed by atoms with Gasteiger partial charge in [-0.2, -0.15) is 0 Å². The minimum Gasteiger partial charge on any atom is -0.356 e. The fourth-order valence-corrected chi connectivity index (χ4v) is 3.32. The Kier molecular flexibility index (Phi) is 10.1. The van der Waals surface area contributed by atoms with Crippen LogP contribution in [0.1, 0.15) is 39.9 Å². The van der Waals surface area contributed by atoms with Gasteiger partial charge < -0.3 is 15.2 Å². The van der Waals surface area contributed by atoms with Gasteiger partial charge in [0.05, 0.1) is 17.6 Å². The highest BCUT2D eigenvalue weighted by Crippen LogP contribution is 2.13. The van der Waals surface area contributed by atoms with Gasteiger partial charge in [0, 0.05) is 39.3 Å². The molecule has 1 heterocycles. The third-order valence-corrected chi connectivity index (χ3v) is 4.73. The van der Waals surface area contributed by atoms with Gasteiger partial charge in [-0.05, 0) is 46.2 Å². The number of benzene rings is 1. The van der Waals surface area contributed by atoms with Crippen molar-refractivity contribution in [3.8, 4) is 0 Å². The molecule has 2 N–H and O–H groups in total. The first-order valence-electron chi connectivity index (χ1n) is 9.54. The molecule has 0 unspecified atom stereocenters. The van der Waals surface area contributed by atoms with Crippen LogP contribution in [0.15, 0.2) is 29.3 Å². The molecular formula is C20H35IN6. The first-order chi connectivity index (χ1) is 12.4. The Morgan fingerprint density at radius 1 is 1.15 bits per heavy atom. The number of aryl methyl sites for hydroxylation is 1. The van der Waals surface area contributed by atoms with Crippen LogP contribution in [0.3, 0.4) is 0 Å². The zero-order valence-corrected chi connectivity index (χ0v) is 19.8. The molecule has 27 heavy (non-hydrogen) atoms. The Bertz CT molecular complexity index is 714. The number of hydrogen-bond donors (Lipinski definition) is 2. The van der Waals surface area contributed by atoms with E-state index in [4.69, 9.17) is 0 Å². The molecule has 0 saturated heterocycles. The van der Waals surface area contributed by atoms with Crippen LogP contribution >= 0.6 is 24.0 Å². The van der Waals surface area contributed by atoms with Gasteiger partial charge in [0.2, 0.25) is 0 Å². The first-order valence-corrected chi connectivity index (χ1v) is 9.54. The number of nitrogens with zero attached hydrogens (tertiary/aromatic N) is 4.